The minimum absolute atomic E-state index is 0.0369. The molecule has 0 fully saturated rings. The van der Waals surface area contributed by atoms with Gasteiger partial charge in [0.05, 0.1) is 45.8 Å². The predicted octanol–water partition coefficient (Wildman–Crippen LogP) is 9.03. The van der Waals surface area contributed by atoms with E-state index in [9.17, 15) is 10.2 Å². The number of benzene rings is 6. The van der Waals surface area contributed by atoms with E-state index in [0.717, 1.165) is 33.6 Å². The Hall–Kier alpha value is -7.05. The monoisotopic (exact) mass is 798 g/mol. The highest BCUT2D eigenvalue weighted by Crippen LogP contribution is 2.44. The van der Waals surface area contributed by atoms with E-state index in [1.807, 2.05) is 121 Å². The molecule has 2 heterocycles. The summed E-state index contributed by atoms with van der Waals surface area (Å²) < 4.78 is 19.0. The summed E-state index contributed by atoms with van der Waals surface area (Å²) in [5.74, 6) is 2.35. The summed E-state index contributed by atoms with van der Waals surface area (Å²) in [4.78, 5) is 20.3. The van der Waals surface area contributed by atoms with Gasteiger partial charge in [-0.1, -0.05) is 121 Å². The molecule has 11 heteroatoms. The number of nitrogens with zero attached hydrogens (tertiary/aromatic N) is 6. The maximum Gasteiger partial charge on any atom is 0.234 e. The van der Waals surface area contributed by atoms with Crippen LogP contribution in [0.1, 0.15) is 34.3 Å². The summed E-state index contributed by atoms with van der Waals surface area (Å²) in [6.45, 7) is -0.738. The lowest BCUT2D eigenvalue weighted by Gasteiger charge is -2.36. The zero-order chi connectivity index (χ0) is 41.3. The van der Waals surface area contributed by atoms with Crippen LogP contribution < -0.4 is 19.3 Å². The SMILES string of the molecule is COc1ccc(N(c2nc(N(c3ccc(OC)cc3)C(c3ccccc3)c3ccccc3)c3ncn(COC(CO)CO)c3n2)C(c2ccccc2)c2ccccc2)cc1. The lowest BCUT2D eigenvalue weighted by molar-refractivity contribution is -0.0488. The molecule has 60 heavy (non-hydrogen) atoms. The van der Waals surface area contributed by atoms with Gasteiger partial charge in [-0.2, -0.15) is 9.97 Å². The van der Waals surface area contributed by atoms with Crippen molar-refractivity contribution >= 4 is 34.3 Å². The first-order valence-electron chi connectivity index (χ1n) is 19.7. The van der Waals surface area contributed by atoms with Crippen molar-refractivity contribution < 1.29 is 24.4 Å². The number of hydrogen-bond donors (Lipinski definition) is 2. The number of rotatable bonds is 17. The largest absolute Gasteiger partial charge is 0.497 e. The molecular formula is C49H46N6O5. The van der Waals surface area contributed by atoms with Crippen molar-refractivity contribution in [2.75, 3.05) is 37.2 Å². The average molecular weight is 799 g/mol. The molecule has 2 N–H and O–H groups in total. The van der Waals surface area contributed by atoms with Gasteiger partial charge in [0, 0.05) is 11.4 Å². The molecule has 0 spiro atoms. The van der Waals surface area contributed by atoms with Crippen LogP contribution in [-0.2, 0) is 11.5 Å². The lowest BCUT2D eigenvalue weighted by atomic mass is 9.96. The Kier molecular flexibility index (Phi) is 12.4. The van der Waals surface area contributed by atoms with Crippen molar-refractivity contribution in [1.82, 2.24) is 19.5 Å². The third-order valence-electron chi connectivity index (χ3n) is 10.4. The topological polar surface area (TPSA) is 118 Å². The molecule has 2 aromatic heterocycles. The van der Waals surface area contributed by atoms with E-state index >= 15 is 0 Å². The summed E-state index contributed by atoms with van der Waals surface area (Å²) in [7, 11) is 3.30. The molecule has 0 saturated carbocycles. The van der Waals surface area contributed by atoms with Crippen molar-refractivity contribution in [3.63, 3.8) is 0 Å². The number of imidazole rings is 1. The second-order valence-corrected chi connectivity index (χ2v) is 14.1. The number of hydrogen-bond acceptors (Lipinski definition) is 10. The Morgan fingerprint density at radius 1 is 0.533 bits per heavy atom. The standard InChI is InChI=1S/C49H46N6O5/c1-58-41-27-23-39(24-28-41)54(45(35-15-7-3-8-16-35)36-17-9-4-10-18-36)48-44-47(53(33-50-44)34-60-43(31-56)32-57)51-49(52-48)55(40-25-29-42(59-2)30-26-40)46(37-19-11-5-12-20-37)38-21-13-6-14-22-38/h3-30,33,43,45-46,56-57H,31-32,34H2,1-2H3. The fourth-order valence-electron chi connectivity index (χ4n) is 7.42. The normalized spacial score (nSPS) is 11.4. The number of anilines is 4. The minimum Gasteiger partial charge on any atom is -0.497 e. The van der Waals surface area contributed by atoms with Gasteiger partial charge in [-0.05, 0) is 70.8 Å². The molecule has 0 saturated heterocycles. The molecule has 8 aromatic rings. The van der Waals surface area contributed by atoms with Crippen LogP contribution in [0.2, 0.25) is 0 Å². The van der Waals surface area contributed by atoms with Crippen LogP contribution in [0.15, 0.2) is 176 Å². The molecule has 11 nitrogen and oxygen atoms in total. The molecule has 0 aliphatic heterocycles. The molecule has 0 unspecified atom stereocenters. The second-order valence-electron chi connectivity index (χ2n) is 14.1. The number of aromatic nitrogens is 4. The van der Waals surface area contributed by atoms with Crippen LogP contribution in [0.3, 0.4) is 0 Å². The first-order chi connectivity index (χ1) is 29.6. The van der Waals surface area contributed by atoms with Gasteiger partial charge in [0.15, 0.2) is 17.0 Å². The molecule has 0 aliphatic carbocycles. The number of fused-ring (bicyclic) bond motifs is 1. The molecule has 8 rings (SSSR count). The number of methoxy groups -OCH3 is 2. The van der Waals surface area contributed by atoms with Crippen molar-refractivity contribution in [1.29, 1.82) is 0 Å². The summed E-state index contributed by atoms with van der Waals surface area (Å²) in [6.07, 6.45) is 0.866. The van der Waals surface area contributed by atoms with Gasteiger partial charge in [-0.15, -0.1) is 0 Å². The molecule has 0 aliphatic rings. The van der Waals surface area contributed by atoms with E-state index in [1.165, 1.54) is 0 Å². The number of ether oxygens (including phenoxy) is 3. The number of aliphatic hydroxyl groups is 2. The molecule has 302 valence electrons. The van der Waals surface area contributed by atoms with E-state index in [1.54, 1.807) is 25.1 Å². The van der Waals surface area contributed by atoms with Crippen LogP contribution in [0.5, 0.6) is 11.5 Å². The predicted molar refractivity (Wildman–Crippen MR) is 234 cm³/mol. The van der Waals surface area contributed by atoms with Crippen LogP contribution in [0.25, 0.3) is 11.2 Å². The highest BCUT2D eigenvalue weighted by Gasteiger charge is 2.33. The highest BCUT2D eigenvalue weighted by molar-refractivity contribution is 5.89. The first-order valence-corrected chi connectivity index (χ1v) is 19.7. The molecular weight excluding hydrogens is 753 g/mol. The summed E-state index contributed by atoms with van der Waals surface area (Å²) in [5, 5.41) is 19.8. The Morgan fingerprint density at radius 2 is 0.950 bits per heavy atom. The van der Waals surface area contributed by atoms with Gasteiger partial charge in [0.2, 0.25) is 5.95 Å². The summed E-state index contributed by atoms with van der Waals surface area (Å²) >= 11 is 0. The molecule has 0 atom stereocenters. The van der Waals surface area contributed by atoms with Gasteiger partial charge < -0.3 is 29.3 Å². The van der Waals surface area contributed by atoms with Crippen molar-refractivity contribution in [2.24, 2.45) is 0 Å². The Morgan fingerprint density at radius 3 is 1.37 bits per heavy atom. The third kappa shape index (κ3) is 8.41. The van der Waals surface area contributed by atoms with E-state index in [4.69, 9.17) is 29.2 Å². The maximum absolute atomic E-state index is 9.92. The van der Waals surface area contributed by atoms with Crippen LogP contribution in [-0.4, -0.2) is 63.3 Å². The fraction of sp³-hybridized carbons (Fsp3) is 0.163. The fourth-order valence-corrected chi connectivity index (χ4v) is 7.42. The van der Waals surface area contributed by atoms with Gasteiger partial charge in [0.25, 0.3) is 0 Å². The quantitative estimate of drug-likeness (QED) is 0.0924. The van der Waals surface area contributed by atoms with Crippen LogP contribution in [0.4, 0.5) is 23.1 Å². The summed E-state index contributed by atoms with van der Waals surface area (Å²) in [5.41, 5.74) is 6.77. The van der Waals surface area contributed by atoms with Crippen LogP contribution in [0, 0.1) is 0 Å². The second kappa shape index (κ2) is 18.7. The molecule has 6 aromatic carbocycles. The van der Waals surface area contributed by atoms with Gasteiger partial charge in [-0.3, -0.25) is 9.47 Å². The molecule has 0 radical (unpaired) electrons. The van der Waals surface area contributed by atoms with Gasteiger partial charge in [-0.25, -0.2) is 4.98 Å². The summed E-state index contributed by atoms with van der Waals surface area (Å²) in [6, 6.07) is 56.3. The zero-order valence-electron chi connectivity index (χ0n) is 33.4. The van der Waals surface area contributed by atoms with Gasteiger partial charge in [0.1, 0.15) is 24.3 Å². The third-order valence-corrected chi connectivity index (χ3v) is 10.4. The highest BCUT2D eigenvalue weighted by atomic mass is 16.5. The average Bonchev–Trinajstić information content (AvgIpc) is 3.74. The zero-order valence-corrected chi connectivity index (χ0v) is 33.4. The van der Waals surface area contributed by atoms with E-state index in [2.05, 4.69) is 58.3 Å². The van der Waals surface area contributed by atoms with E-state index in [0.29, 0.717) is 34.4 Å². The molecule has 0 amide bonds. The van der Waals surface area contributed by atoms with E-state index < -0.39 is 6.10 Å². The first kappa shape index (κ1) is 39.8. The van der Waals surface area contributed by atoms with Crippen LogP contribution >= 0.6 is 0 Å². The Bertz CT molecular complexity index is 2480. The smallest absolute Gasteiger partial charge is 0.234 e. The van der Waals surface area contributed by atoms with Crippen molar-refractivity contribution in [2.45, 2.75) is 24.9 Å². The Balaban J connectivity index is 1.45. The van der Waals surface area contributed by atoms with Gasteiger partial charge >= 0.3 is 0 Å². The molecule has 0 bridgehead atoms. The maximum atomic E-state index is 9.92. The minimum atomic E-state index is -0.795. The lowest BCUT2D eigenvalue weighted by Crippen LogP contribution is -2.30. The van der Waals surface area contributed by atoms with Crippen molar-refractivity contribution in [3.05, 3.63) is 198 Å². The Labute approximate surface area is 349 Å². The number of aliphatic hydroxyl groups excluding tert-OH is 2. The van der Waals surface area contributed by atoms with E-state index in [-0.39, 0.29) is 32.0 Å². The van der Waals surface area contributed by atoms with Crippen molar-refractivity contribution in [3.8, 4) is 11.5 Å².